The van der Waals surface area contributed by atoms with Gasteiger partial charge in [-0.2, -0.15) is 5.10 Å². The van der Waals surface area contributed by atoms with Crippen molar-refractivity contribution in [1.29, 1.82) is 0 Å². The van der Waals surface area contributed by atoms with Crippen LogP contribution in [0.4, 0.5) is 5.13 Å². The van der Waals surface area contributed by atoms with Gasteiger partial charge in [-0.3, -0.25) is 14.3 Å². The van der Waals surface area contributed by atoms with Gasteiger partial charge in [0.25, 0.3) is 0 Å². The van der Waals surface area contributed by atoms with Crippen molar-refractivity contribution in [2.45, 2.75) is 13.0 Å². The van der Waals surface area contributed by atoms with Crippen molar-refractivity contribution in [3.05, 3.63) is 29.5 Å². The maximum Gasteiger partial charge on any atom is 0.247 e. The van der Waals surface area contributed by atoms with E-state index < -0.39 is 0 Å². The summed E-state index contributed by atoms with van der Waals surface area (Å²) in [5.41, 5.74) is 0.638. The van der Waals surface area contributed by atoms with Gasteiger partial charge in [0.1, 0.15) is 6.54 Å². The molecule has 8 heteroatoms. The molecular formula is C11H13N5O2S. The van der Waals surface area contributed by atoms with E-state index in [1.807, 2.05) is 0 Å². The lowest BCUT2D eigenvalue weighted by molar-refractivity contribution is -0.120. The average Bonchev–Trinajstić information content (AvgIpc) is 3.01. The molecule has 0 saturated carbocycles. The molecule has 0 spiro atoms. The highest BCUT2D eigenvalue weighted by Gasteiger charge is 2.09. The maximum absolute atomic E-state index is 11.7. The molecule has 2 N–H and O–H groups in total. The number of anilines is 1. The number of thiazole rings is 1. The summed E-state index contributed by atoms with van der Waals surface area (Å²) < 4.78 is 1.52. The Morgan fingerprint density at radius 2 is 2.26 bits per heavy atom. The van der Waals surface area contributed by atoms with Crippen molar-refractivity contribution < 1.29 is 9.59 Å². The minimum atomic E-state index is -0.204. The first kappa shape index (κ1) is 13.2. The van der Waals surface area contributed by atoms with E-state index >= 15 is 0 Å². The molecule has 100 valence electrons. The summed E-state index contributed by atoms with van der Waals surface area (Å²) in [6, 6.07) is 1.75. The van der Waals surface area contributed by atoms with Crippen LogP contribution < -0.4 is 10.6 Å². The van der Waals surface area contributed by atoms with E-state index in [0.717, 1.165) is 0 Å². The second-order valence-electron chi connectivity index (χ2n) is 3.75. The van der Waals surface area contributed by atoms with Gasteiger partial charge >= 0.3 is 0 Å². The van der Waals surface area contributed by atoms with Gasteiger partial charge in [0.15, 0.2) is 5.13 Å². The number of hydrogen-bond acceptors (Lipinski definition) is 5. The summed E-state index contributed by atoms with van der Waals surface area (Å²) in [5, 5.41) is 11.4. The number of carbonyl (C=O) groups excluding carboxylic acids is 2. The Balaban J connectivity index is 1.89. The molecule has 2 aromatic rings. The van der Waals surface area contributed by atoms with Crippen LogP contribution >= 0.6 is 11.3 Å². The molecule has 0 aliphatic carbocycles. The van der Waals surface area contributed by atoms with Gasteiger partial charge in [0.2, 0.25) is 11.8 Å². The first-order chi connectivity index (χ1) is 9.17. The van der Waals surface area contributed by atoms with Crippen molar-refractivity contribution in [3.8, 4) is 0 Å². The molecule has 2 heterocycles. The van der Waals surface area contributed by atoms with E-state index in [0.29, 0.717) is 10.8 Å². The molecule has 7 nitrogen and oxygen atoms in total. The number of aromatic nitrogens is 3. The van der Waals surface area contributed by atoms with E-state index in [1.54, 1.807) is 30.9 Å². The molecule has 0 saturated heterocycles. The summed E-state index contributed by atoms with van der Waals surface area (Å²) in [6.07, 6.45) is 3.53. The van der Waals surface area contributed by atoms with Gasteiger partial charge in [0, 0.05) is 24.8 Å². The Labute approximate surface area is 113 Å². The molecule has 2 aromatic heterocycles. The highest BCUT2D eigenvalue weighted by Crippen LogP contribution is 2.15. The van der Waals surface area contributed by atoms with Crippen molar-refractivity contribution in [1.82, 2.24) is 20.1 Å². The van der Waals surface area contributed by atoms with Gasteiger partial charge in [0.05, 0.1) is 12.1 Å². The van der Waals surface area contributed by atoms with Crippen LogP contribution in [0, 0.1) is 0 Å². The summed E-state index contributed by atoms with van der Waals surface area (Å²) in [6.45, 7) is 0.136. The van der Waals surface area contributed by atoms with Crippen LogP contribution in [0.2, 0.25) is 0 Å². The highest BCUT2D eigenvalue weighted by atomic mass is 32.1. The van der Waals surface area contributed by atoms with Gasteiger partial charge in [-0.1, -0.05) is 0 Å². The number of likely N-dealkylation sites (N-methyl/N-ethyl adjacent to an activating group) is 1. The van der Waals surface area contributed by atoms with Crippen molar-refractivity contribution in [2.75, 3.05) is 12.4 Å². The van der Waals surface area contributed by atoms with E-state index in [-0.39, 0.29) is 24.8 Å². The number of nitrogens with zero attached hydrogens (tertiary/aromatic N) is 3. The molecule has 2 rings (SSSR count). The fourth-order valence-electron chi connectivity index (χ4n) is 1.40. The zero-order chi connectivity index (χ0) is 13.7. The third-order valence-corrected chi connectivity index (χ3v) is 3.09. The van der Waals surface area contributed by atoms with Crippen LogP contribution in [0.1, 0.15) is 5.69 Å². The minimum absolute atomic E-state index is 0.111. The minimum Gasteiger partial charge on any atom is -0.359 e. The molecule has 0 fully saturated rings. The molecule has 0 atom stereocenters. The van der Waals surface area contributed by atoms with Crippen LogP contribution in [0.25, 0.3) is 0 Å². The van der Waals surface area contributed by atoms with Gasteiger partial charge in [-0.05, 0) is 6.07 Å². The third-order valence-electron chi connectivity index (χ3n) is 2.28. The highest BCUT2D eigenvalue weighted by molar-refractivity contribution is 7.13. The SMILES string of the molecule is CNC(=O)Cc1csc(NC(=O)Cn2cccn2)n1. The number of carbonyl (C=O) groups is 2. The number of rotatable bonds is 5. The zero-order valence-electron chi connectivity index (χ0n) is 10.3. The molecule has 0 aliphatic heterocycles. The topological polar surface area (TPSA) is 88.9 Å². The van der Waals surface area contributed by atoms with Crippen LogP contribution in [0.5, 0.6) is 0 Å². The van der Waals surface area contributed by atoms with Crippen LogP contribution in [-0.4, -0.2) is 33.6 Å². The molecule has 0 aliphatic rings. The Hall–Kier alpha value is -2.22. The second-order valence-corrected chi connectivity index (χ2v) is 4.60. The fraction of sp³-hybridized carbons (Fsp3) is 0.273. The molecule has 0 aromatic carbocycles. The van der Waals surface area contributed by atoms with Crippen LogP contribution in [0.15, 0.2) is 23.8 Å². The summed E-state index contributed by atoms with van der Waals surface area (Å²) in [4.78, 5) is 27.0. The fourth-order valence-corrected chi connectivity index (χ4v) is 2.12. The van der Waals surface area contributed by atoms with E-state index in [9.17, 15) is 9.59 Å². The number of amides is 2. The predicted octanol–water partition coefficient (Wildman–Crippen LogP) is 0.267. The lowest BCUT2D eigenvalue weighted by atomic mass is 10.3. The van der Waals surface area contributed by atoms with Crippen molar-refractivity contribution in [2.24, 2.45) is 0 Å². The van der Waals surface area contributed by atoms with E-state index in [2.05, 4.69) is 20.7 Å². The first-order valence-electron chi connectivity index (χ1n) is 5.59. The smallest absolute Gasteiger partial charge is 0.247 e. The monoisotopic (exact) mass is 279 g/mol. The van der Waals surface area contributed by atoms with E-state index in [4.69, 9.17) is 0 Å². The van der Waals surface area contributed by atoms with E-state index in [1.165, 1.54) is 16.0 Å². The van der Waals surface area contributed by atoms with Crippen molar-refractivity contribution >= 4 is 28.3 Å². The summed E-state index contributed by atoms with van der Waals surface area (Å²) >= 11 is 1.29. The van der Waals surface area contributed by atoms with Crippen molar-refractivity contribution in [3.63, 3.8) is 0 Å². The Morgan fingerprint density at radius 1 is 1.42 bits per heavy atom. The van der Waals surface area contributed by atoms with Crippen LogP contribution in [-0.2, 0) is 22.6 Å². The standard InChI is InChI=1S/C11H13N5O2S/c1-12-9(17)5-8-7-19-11(14-8)15-10(18)6-16-4-2-3-13-16/h2-4,7H,5-6H2,1H3,(H,12,17)(H,14,15,18). The first-order valence-corrected chi connectivity index (χ1v) is 6.47. The molecular weight excluding hydrogens is 266 g/mol. The zero-order valence-corrected chi connectivity index (χ0v) is 11.1. The molecule has 0 bridgehead atoms. The Morgan fingerprint density at radius 3 is 2.95 bits per heavy atom. The summed E-state index contributed by atoms with van der Waals surface area (Å²) in [7, 11) is 1.57. The quantitative estimate of drug-likeness (QED) is 0.822. The Bertz CT molecular complexity index is 563. The predicted molar refractivity (Wildman–Crippen MR) is 70.7 cm³/mol. The maximum atomic E-state index is 11.7. The molecule has 19 heavy (non-hydrogen) atoms. The average molecular weight is 279 g/mol. The number of nitrogens with one attached hydrogen (secondary N) is 2. The largest absolute Gasteiger partial charge is 0.359 e. The third kappa shape index (κ3) is 3.88. The van der Waals surface area contributed by atoms with Gasteiger partial charge in [-0.25, -0.2) is 4.98 Å². The lowest BCUT2D eigenvalue weighted by Crippen LogP contribution is -2.20. The number of hydrogen-bond donors (Lipinski definition) is 2. The van der Waals surface area contributed by atoms with Crippen LogP contribution in [0.3, 0.4) is 0 Å². The Kier molecular flexibility index (Phi) is 4.24. The lowest BCUT2D eigenvalue weighted by Gasteiger charge is -2.01. The normalized spacial score (nSPS) is 10.2. The second kappa shape index (κ2) is 6.10. The molecule has 0 unspecified atom stereocenters. The molecule has 0 radical (unpaired) electrons. The van der Waals surface area contributed by atoms with Gasteiger partial charge < -0.3 is 10.6 Å². The van der Waals surface area contributed by atoms with Gasteiger partial charge in [-0.15, -0.1) is 11.3 Å². The summed E-state index contributed by atoms with van der Waals surface area (Å²) in [5.74, 6) is -0.315. The molecule has 2 amide bonds.